The molecule has 1 amide bonds. The molecule has 8 heteroatoms. The molecule has 1 aliphatic rings. The van der Waals surface area contributed by atoms with Crippen molar-refractivity contribution in [1.82, 2.24) is 10.3 Å². The maximum atomic E-state index is 12.6. The Morgan fingerprint density at radius 3 is 2.40 bits per heavy atom. The van der Waals surface area contributed by atoms with Crippen LogP contribution in [0.3, 0.4) is 0 Å². The fourth-order valence-electron chi connectivity index (χ4n) is 5.12. The van der Waals surface area contributed by atoms with Gasteiger partial charge in [0.1, 0.15) is 0 Å². The van der Waals surface area contributed by atoms with E-state index < -0.39 is 6.29 Å². The predicted molar refractivity (Wildman–Crippen MR) is 165 cm³/mol. The highest BCUT2D eigenvalue weighted by atomic mass is 32.2. The monoisotopic (exact) mass is 584 g/mol. The van der Waals surface area contributed by atoms with E-state index in [2.05, 4.69) is 35.4 Å². The van der Waals surface area contributed by atoms with Crippen molar-refractivity contribution in [2.24, 2.45) is 5.92 Å². The summed E-state index contributed by atoms with van der Waals surface area (Å²) < 4.78 is 13.0. The van der Waals surface area contributed by atoms with Crippen molar-refractivity contribution in [1.29, 1.82) is 0 Å². The molecular formula is C34H36N2O5S. The van der Waals surface area contributed by atoms with E-state index in [0.29, 0.717) is 17.9 Å². The summed E-state index contributed by atoms with van der Waals surface area (Å²) >= 11 is 1.67. The van der Waals surface area contributed by atoms with E-state index in [1.165, 1.54) is 0 Å². The summed E-state index contributed by atoms with van der Waals surface area (Å²) in [7, 11) is 0. The molecule has 0 saturated carbocycles. The Balaban J connectivity index is 1.33. The molecule has 218 valence electrons. The summed E-state index contributed by atoms with van der Waals surface area (Å²) in [4.78, 5) is 16.6. The van der Waals surface area contributed by atoms with Gasteiger partial charge in [-0.15, -0.1) is 0 Å². The summed E-state index contributed by atoms with van der Waals surface area (Å²) in [5.41, 5.74) is 6.42. The van der Waals surface area contributed by atoms with E-state index >= 15 is 0 Å². The second kappa shape index (κ2) is 14.6. The third-order valence-electron chi connectivity index (χ3n) is 7.52. The molecule has 5 rings (SSSR count). The topological polar surface area (TPSA) is 101 Å². The highest BCUT2D eigenvalue weighted by Gasteiger charge is 2.38. The zero-order chi connectivity index (χ0) is 29.3. The van der Waals surface area contributed by atoms with Crippen molar-refractivity contribution in [3.05, 3.63) is 125 Å². The largest absolute Gasteiger partial charge is 0.396 e. The second-order valence-electron chi connectivity index (χ2n) is 10.3. The van der Waals surface area contributed by atoms with Crippen LogP contribution in [-0.4, -0.2) is 45.3 Å². The number of rotatable bonds is 11. The van der Waals surface area contributed by atoms with Crippen molar-refractivity contribution >= 4 is 17.7 Å². The molecule has 0 radical (unpaired) electrons. The Morgan fingerprint density at radius 2 is 1.69 bits per heavy atom. The van der Waals surface area contributed by atoms with Crippen molar-refractivity contribution < 1.29 is 24.5 Å². The van der Waals surface area contributed by atoms with Gasteiger partial charge in [-0.05, 0) is 39.9 Å². The fourth-order valence-corrected chi connectivity index (χ4v) is 6.03. The summed E-state index contributed by atoms with van der Waals surface area (Å²) in [6.07, 6.45) is 2.41. The number of carbonyl (C=O) groups excluding carboxylic acids is 1. The molecule has 0 bridgehead atoms. The highest BCUT2D eigenvalue weighted by Crippen LogP contribution is 2.42. The number of hydrogen-bond acceptors (Lipinski definition) is 7. The minimum Gasteiger partial charge on any atom is -0.396 e. The molecule has 1 aliphatic heterocycles. The van der Waals surface area contributed by atoms with Crippen LogP contribution in [0, 0.1) is 5.92 Å². The molecular weight excluding hydrogens is 548 g/mol. The Kier molecular flexibility index (Phi) is 10.4. The SMILES string of the molecule is C[C@H]1[C@@H](CSCCO)O[C@@H](c2ccc(-c3ccccc3CNC(=O)c3cccnc3)cc2)O[C@H]1c1ccc(CO)cc1. The number of nitrogens with zero attached hydrogens (tertiary/aromatic N) is 1. The van der Waals surface area contributed by atoms with Crippen LogP contribution >= 0.6 is 11.8 Å². The number of aromatic nitrogens is 1. The number of aliphatic hydroxyl groups is 2. The van der Waals surface area contributed by atoms with Crippen LogP contribution < -0.4 is 5.32 Å². The summed E-state index contributed by atoms with van der Waals surface area (Å²) in [5.74, 6) is 1.34. The molecule has 4 aromatic rings. The first-order chi connectivity index (χ1) is 20.6. The quantitative estimate of drug-likeness (QED) is 0.195. The number of amides is 1. The molecule has 3 N–H and O–H groups in total. The van der Waals surface area contributed by atoms with E-state index in [0.717, 1.165) is 39.1 Å². The summed E-state index contributed by atoms with van der Waals surface area (Å²) in [6.45, 7) is 2.66. The van der Waals surface area contributed by atoms with Crippen LogP contribution in [-0.2, 0) is 22.6 Å². The van der Waals surface area contributed by atoms with E-state index in [4.69, 9.17) is 9.47 Å². The molecule has 7 nitrogen and oxygen atoms in total. The summed E-state index contributed by atoms with van der Waals surface area (Å²) in [6, 6.07) is 27.6. The Labute approximate surface area is 250 Å². The van der Waals surface area contributed by atoms with Gasteiger partial charge in [0.25, 0.3) is 5.91 Å². The van der Waals surface area contributed by atoms with E-state index in [-0.39, 0.29) is 37.2 Å². The lowest BCUT2D eigenvalue weighted by molar-refractivity contribution is -0.268. The van der Waals surface area contributed by atoms with Crippen molar-refractivity contribution in [3.63, 3.8) is 0 Å². The Bertz CT molecular complexity index is 1430. The molecule has 42 heavy (non-hydrogen) atoms. The van der Waals surface area contributed by atoms with Crippen LogP contribution in [0.5, 0.6) is 0 Å². The van der Waals surface area contributed by atoms with Gasteiger partial charge in [0, 0.05) is 41.9 Å². The van der Waals surface area contributed by atoms with Crippen LogP contribution in [0.1, 0.15) is 51.9 Å². The number of aliphatic hydroxyl groups excluding tert-OH is 2. The van der Waals surface area contributed by atoms with Gasteiger partial charge in [-0.1, -0.05) is 79.7 Å². The van der Waals surface area contributed by atoms with Gasteiger partial charge in [-0.3, -0.25) is 9.78 Å². The van der Waals surface area contributed by atoms with Gasteiger partial charge in [0.05, 0.1) is 31.0 Å². The average molecular weight is 585 g/mol. The van der Waals surface area contributed by atoms with Crippen molar-refractivity contribution in [2.75, 3.05) is 18.1 Å². The molecule has 0 spiro atoms. The normalized spacial score (nSPS) is 20.3. The second-order valence-corrected chi connectivity index (χ2v) is 11.5. The number of hydrogen-bond donors (Lipinski definition) is 3. The zero-order valence-corrected chi connectivity index (χ0v) is 24.4. The zero-order valence-electron chi connectivity index (χ0n) is 23.6. The van der Waals surface area contributed by atoms with Crippen LogP contribution in [0.15, 0.2) is 97.3 Å². The third-order valence-corrected chi connectivity index (χ3v) is 8.55. The van der Waals surface area contributed by atoms with Crippen molar-refractivity contribution in [2.45, 2.75) is 38.6 Å². The van der Waals surface area contributed by atoms with Gasteiger partial charge in [-0.2, -0.15) is 11.8 Å². The first-order valence-corrected chi connectivity index (χ1v) is 15.3. The van der Waals surface area contributed by atoms with Gasteiger partial charge < -0.3 is 25.0 Å². The van der Waals surface area contributed by atoms with Gasteiger partial charge in [0.15, 0.2) is 6.29 Å². The minimum atomic E-state index is -0.550. The first-order valence-electron chi connectivity index (χ1n) is 14.1. The molecule has 0 aliphatic carbocycles. The number of ether oxygens (including phenoxy) is 2. The average Bonchev–Trinajstić information content (AvgIpc) is 3.05. The highest BCUT2D eigenvalue weighted by molar-refractivity contribution is 7.99. The van der Waals surface area contributed by atoms with Gasteiger partial charge in [0.2, 0.25) is 0 Å². The lowest BCUT2D eigenvalue weighted by Crippen LogP contribution is -2.38. The molecule has 0 unspecified atom stereocenters. The predicted octanol–water partition coefficient (Wildman–Crippen LogP) is 5.69. The number of pyridine rings is 1. The molecule has 1 aromatic heterocycles. The number of nitrogens with one attached hydrogen (secondary N) is 1. The molecule has 2 heterocycles. The third kappa shape index (κ3) is 7.27. The molecule has 1 saturated heterocycles. The number of thioether (sulfide) groups is 1. The maximum absolute atomic E-state index is 12.6. The lowest BCUT2D eigenvalue weighted by atomic mass is 9.91. The van der Waals surface area contributed by atoms with Gasteiger partial charge in [-0.25, -0.2) is 0 Å². The van der Waals surface area contributed by atoms with Crippen molar-refractivity contribution in [3.8, 4) is 11.1 Å². The molecule has 3 aromatic carbocycles. The van der Waals surface area contributed by atoms with E-state index in [1.54, 1.807) is 36.3 Å². The van der Waals surface area contributed by atoms with E-state index in [1.807, 2.05) is 54.6 Å². The number of benzene rings is 3. The molecule has 1 fully saturated rings. The first kappa shape index (κ1) is 29.9. The lowest BCUT2D eigenvalue weighted by Gasteiger charge is -2.41. The Hall–Kier alpha value is -3.53. The maximum Gasteiger partial charge on any atom is 0.253 e. The Morgan fingerprint density at radius 1 is 0.929 bits per heavy atom. The minimum absolute atomic E-state index is 0.000127. The van der Waals surface area contributed by atoms with E-state index in [9.17, 15) is 15.0 Å². The van der Waals surface area contributed by atoms with Crippen LogP contribution in [0.4, 0.5) is 0 Å². The fraction of sp³-hybridized carbons (Fsp3) is 0.294. The smallest absolute Gasteiger partial charge is 0.253 e. The van der Waals surface area contributed by atoms with Crippen LogP contribution in [0.25, 0.3) is 11.1 Å². The standard InChI is InChI=1S/C34H36N2O5S/c1-23-31(22-42-18-17-37)40-34(41-32(23)26-10-8-24(21-38)9-11-26)27-14-12-25(13-15-27)30-7-3-2-5-28(30)20-36-33(39)29-6-4-16-35-19-29/h2-16,19,23,31-32,34,37-38H,17-18,20-22H2,1H3,(H,36,39)/t23-,31+,32+,34+/m0/s1. The molecule has 4 atom stereocenters. The number of carbonyl (C=O) groups is 1. The summed E-state index contributed by atoms with van der Waals surface area (Å²) in [5, 5.41) is 21.8. The van der Waals surface area contributed by atoms with Gasteiger partial charge >= 0.3 is 0 Å². The van der Waals surface area contributed by atoms with Crippen LogP contribution in [0.2, 0.25) is 0 Å².